The molecule has 0 bridgehead atoms. The molecule has 2 aromatic carbocycles. The number of carbonyl (C=O) groups excluding carboxylic acids is 1. The third kappa shape index (κ3) is 5.02. The first-order valence-electron chi connectivity index (χ1n) is 9.75. The molecule has 2 nitrogen and oxygen atoms in total. The summed E-state index contributed by atoms with van der Waals surface area (Å²) < 4.78 is 43.7. The van der Waals surface area contributed by atoms with Gasteiger partial charge in [0.15, 0.2) is 0 Å². The molecule has 0 spiro atoms. The van der Waals surface area contributed by atoms with Crippen LogP contribution in [-0.2, 0) is 16.6 Å². The Morgan fingerprint density at radius 3 is 2.35 bits per heavy atom. The highest BCUT2D eigenvalue weighted by atomic mass is 79.9. The van der Waals surface area contributed by atoms with Crippen LogP contribution in [0.5, 0.6) is 0 Å². The Kier molecular flexibility index (Phi) is 7.57. The van der Waals surface area contributed by atoms with Crippen molar-refractivity contribution in [3.05, 3.63) is 61.0 Å². The van der Waals surface area contributed by atoms with Crippen molar-refractivity contribution in [1.82, 2.24) is 0 Å². The molecule has 0 aliphatic carbocycles. The Morgan fingerprint density at radius 1 is 1.16 bits per heavy atom. The smallest absolute Gasteiger partial charge is 0.370 e. The number of hydrogen-bond donors (Lipinski definition) is 0. The number of rotatable bonds is 6. The molecule has 0 amide bonds. The van der Waals surface area contributed by atoms with Gasteiger partial charge < -0.3 is 4.90 Å². The zero-order valence-electron chi connectivity index (χ0n) is 16.6. The predicted octanol–water partition coefficient (Wildman–Crippen LogP) is 8.03. The van der Waals surface area contributed by atoms with Gasteiger partial charge in [-0.25, -0.2) is 0 Å². The number of alkyl halides is 3. The van der Waals surface area contributed by atoms with Crippen molar-refractivity contribution in [3.63, 3.8) is 0 Å². The highest BCUT2D eigenvalue weighted by Gasteiger charge is 2.59. The summed E-state index contributed by atoms with van der Waals surface area (Å²) in [7, 11) is 0. The maximum atomic E-state index is 14.3. The zero-order chi connectivity index (χ0) is 23.0. The fourth-order valence-electron chi connectivity index (χ4n) is 3.88. The minimum atomic E-state index is -4.50. The molecular formula is C22H20BrCl3F3NO. The Balaban J connectivity index is 1.90. The lowest BCUT2D eigenvalue weighted by Crippen LogP contribution is -2.44. The van der Waals surface area contributed by atoms with Crippen LogP contribution in [0, 0.1) is 0 Å². The van der Waals surface area contributed by atoms with E-state index in [-0.39, 0.29) is 45.9 Å². The van der Waals surface area contributed by atoms with E-state index in [4.69, 9.17) is 34.8 Å². The summed E-state index contributed by atoms with van der Waals surface area (Å²) in [5.41, 5.74) is -0.475. The molecule has 1 aliphatic rings. The van der Waals surface area contributed by atoms with Crippen LogP contribution in [0.15, 0.2) is 34.8 Å². The monoisotopic (exact) mass is 555 g/mol. The summed E-state index contributed by atoms with van der Waals surface area (Å²) in [6, 6.07) is 7.98. The summed E-state index contributed by atoms with van der Waals surface area (Å²) in [5.74, 6) is 0.172. The number of nitrogens with zero attached hydrogens (tertiary/aromatic N) is 1. The van der Waals surface area contributed by atoms with E-state index < -0.39 is 11.6 Å². The largest absolute Gasteiger partial charge is 0.400 e. The van der Waals surface area contributed by atoms with E-state index in [1.165, 1.54) is 12.1 Å². The molecule has 1 heterocycles. The molecule has 0 saturated carbocycles. The van der Waals surface area contributed by atoms with E-state index in [0.717, 1.165) is 10.0 Å². The first-order chi connectivity index (χ1) is 14.5. The van der Waals surface area contributed by atoms with Crippen molar-refractivity contribution >= 4 is 62.2 Å². The summed E-state index contributed by atoms with van der Waals surface area (Å²) in [5, 5.41) is 0.0419. The normalized spacial score (nSPS) is 19.2. The van der Waals surface area contributed by atoms with E-state index in [1.54, 1.807) is 17.0 Å². The van der Waals surface area contributed by atoms with Crippen molar-refractivity contribution in [1.29, 1.82) is 0 Å². The number of carbonyl (C=O) groups is 1. The number of ketones is 1. The average molecular weight is 558 g/mol. The van der Waals surface area contributed by atoms with Crippen LogP contribution in [0.1, 0.15) is 37.3 Å². The Labute approximate surface area is 202 Å². The lowest BCUT2D eigenvalue weighted by molar-refractivity contribution is -0.184. The molecule has 0 radical (unpaired) electrons. The second-order valence-corrected chi connectivity index (χ2v) is 9.72. The van der Waals surface area contributed by atoms with Crippen LogP contribution in [-0.4, -0.2) is 25.0 Å². The van der Waals surface area contributed by atoms with E-state index in [0.29, 0.717) is 24.9 Å². The molecule has 3 rings (SSSR count). The van der Waals surface area contributed by atoms with Gasteiger partial charge >= 0.3 is 6.18 Å². The number of hydrogen-bond acceptors (Lipinski definition) is 2. The third-order valence-corrected chi connectivity index (χ3v) is 7.75. The van der Waals surface area contributed by atoms with Crippen molar-refractivity contribution in [2.75, 3.05) is 18.0 Å². The van der Waals surface area contributed by atoms with Crippen LogP contribution in [0.4, 0.5) is 18.9 Å². The van der Waals surface area contributed by atoms with Crippen molar-refractivity contribution in [3.8, 4) is 0 Å². The summed E-state index contributed by atoms with van der Waals surface area (Å²) in [4.78, 5) is 13.3. The van der Waals surface area contributed by atoms with Crippen LogP contribution in [0.3, 0.4) is 0 Å². The molecule has 1 saturated heterocycles. The minimum Gasteiger partial charge on any atom is -0.370 e. The van der Waals surface area contributed by atoms with E-state index >= 15 is 0 Å². The lowest BCUT2D eigenvalue weighted by atomic mass is 9.79. The molecule has 1 unspecified atom stereocenters. The predicted molar refractivity (Wildman–Crippen MR) is 124 cm³/mol. The van der Waals surface area contributed by atoms with Crippen molar-refractivity contribution < 1.29 is 18.0 Å². The molecule has 1 aliphatic heterocycles. The second kappa shape index (κ2) is 9.50. The standard InChI is InChI=1S/C22H20BrCl3F3NO/c1-2-16(31)6-4-13-3-5-15(11-17(13)23)30-8-7-21(12-30,22(27,28)29)14-9-18(24)20(26)19(25)10-14/h3,5,9-11H,2,4,6-8,12H2,1H3. The third-order valence-electron chi connectivity index (χ3n) is 5.82. The average Bonchev–Trinajstić information content (AvgIpc) is 3.17. The summed E-state index contributed by atoms with van der Waals surface area (Å²) >= 11 is 21.5. The topological polar surface area (TPSA) is 20.3 Å². The highest BCUT2D eigenvalue weighted by Crippen LogP contribution is 2.50. The van der Waals surface area contributed by atoms with Gasteiger partial charge in [0, 0.05) is 36.1 Å². The SMILES string of the molecule is CCC(=O)CCc1ccc(N2CCC(c3cc(Cl)c(Cl)c(Cl)c3)(C(F)(F)F)C2)cc1Br. The van der Waals surface area contributed by atoms with E-state index in [2.05, 4.69) is 15.9 Å². The Morgan fingerprint density at radius 2 is 1.81 bits per heavy atom. The fraction of sp³-hybridized carbons (Fsp3) is 0.409. The quantitative estimate of drug-likeness (QED) is 0.335. The van der Waals surface area contributed by atoms with Gasteiger partial charge in [0.25, 0.3) is 0 Å². The van der Waals surface area contributed by atoms with Gasteiger partial charge in [0.05, 0.1) is 15.1 Å². The van der Waals surface area contributed by atoms with Gasteiger partial charge in [-0.2, -0.15) is 13.2 Å². The summed E-state index contributed by atoms with van der Waals surface area (Å²) in [6.45, 7) is 1.78. The number of benzene rings is 2. The molecule has 2 aromatic rings. The molecule has 0 aromatic heterocycles. The van der Waals surface area contributed by atoms with Crippen molar-refractivity contribution in [2.24, 2.45) is 0 Å². The number of halogens is 7. The number of aryl methyl sites for hydroxylation is 1. The minimum absolute atomic E-state index is 0.0000320. The van der Waals surface area contributed by atoms with Crippen LogP contribution in [0.2, 0.25) is 15.1 Å². The molecule has 1 atom stereocenters. The van der Waals surface area contributed by atoms with Gasteiger partial charge in [-0.3, -0.25) is 4.79 Å². The van der Waals surface area contributed by atoms with E-state index in [1.807, 2.05) is 13.0 Å². The molecule has 1 fully saturated rings. The molecule has 168 valence electrons. The Hall–Kier alpha value is -0.950. The van der Waals surface area contributed by atoms with Crippen LogP contribution in [0.25, 0.3) is 0 Å². The van der Waals surface area contributed by atoms with Gasteiger partial charge in [-0.05, 0) is 48.2 Å². The molecule has 9 heteroatoms. The first kappa shape index (κ1) is 24.7. The fourth-order valence-corrected chi connectivity index (χ4v) is 5.04. The van der Waals surface area contributed by atoms with Gasteiger partial charge in [0.1, 0.15) is 11.2 Å². The summed E-state index contributed by atoms with van der Waals surface area (Å²) in [6.07, 6.45) is -3.12. The zero-order valence-corrected chi connectivity index (χ0v) is 20.5. The van der Waals surface area contributed by atoms with Crippen molar-refractivity contribution in [2.45, 2.75) is 44.2 Å². The lowest BCUT2D eigenvalue weighted by Gasteiger charge is -2.33. The number of Topliss-reactive ketones (excluding diaryl/α,β-unsaturated/α-hetero) is 1. The molecule has 0 N–H and O–H groups in total. The van der Waals surface area contributed by atoms with Gasteiger partial charge in [-0.1, -0.05) is 63.7 Å². The maximum Gasteiger partial charge on any atom is 0.400 e. The van der Waals surface area contributed by atoms with E-state index in [9.17, 15) is 18.0 Å². The molecular weight excluding hydrogens is 538 g/mol. The first-order valence-corrected chi connectivity index (χ1v) is 11.7. The second-order valence-electron chi connectivity index (χ2n) is 7.67. The van der Waals surface area contributed by atoms with Gasteiger partial charge in [-0.15, -0.1) is 0 Å². The highest BCUT2D eigenvalue weighted by molar-refractivity contribution is 9.10. The van der Waals surface area contributed by atoms with Crippen LogP contribution >= 0.6 is 50.7 Å². The molecule has 31 heavy (non-hydrogen) atoms. The Bertz CT molecular complexity index is 975. The maximum absolute atomic E-state index is 14.3. The van der Waals surface area contributed by atoms with Crippen LogP contribution < -0.4 is 4.90 Å². The number of anilines is 1. The van der Waals surface area contributed by atoms with Gasteiger partial charge in [0.2, 0.25) is 0 Å².